The van der Waals surface area contributed by atoms with Crippen LogP contribution in [0.1, 0.15) is 39.5 Å². The summed E-state index contributed by atoms with van der Waals surface area (Å²) < 4.78 is 13.3. The molecule has 2 aromatic rings. The molecule has 3 rings (SSSR count). The number of rotatable bonds is 5. The molecular weight excluding hydrogens is 432 g/mol. The molecule has 0 atom stereocenters. The quantitative estimate of drug-likeness (QED) is 0.643. The predicted molar refractivity (Wildman–Crippen MR) is 99.6 cm³/mol. The molecule has 25 heavy (non-hydrogen) atoms. The minimum atomic E-state index is -3.85. The van der Waals surface area contributed by atoms with Crippen LogP contribution in [0.15, 0.2) is 42.5 Å². The summed E-state index contributed by atoms with van der Waals surface area (Å²) in [6.45, 7) is 2.81. The van der Waals surface area contributed by atoms with Gasteiger partial charge in [-0.05, 0) is 0 Å². The molecule has 1 aliphatic carbocycles. The van der Waals surface area contributed by atoms with E-state index in [0.29, 0.717) is 10.4 Å². The zero-order valence-corrected chi connectivity index (χ0v) is 17.0. The summed E-state index contributed by atoms with van der Waals surface area (Å²) in [5.41, 5.74) is 0. The van der Waals surface area contributed by atoms with Gasteiger partial charge in [0.15, 0.2) is 0 Å². The Morgan fingerprint density at radius 1 is 0.960 bits per heavy atom. The normalized spacial score (nSPS) is 15.9. The number of hydrogen-bond donors (Lipinski definition) is 0. The van der Waals surface area contributed by atoms with Gasteiger partial charge in [-0.25, -0.2) is 0 Å². The summed E-state index contributed by atoms with van der Waals surface area (Å²) in [6, 6.07) is 14.1. The third-order valence-corrected chi connectivity index (χ3v) is 12.8. The van der Waals surface area contributed by atoms with Crippen molar-refractivity contribution in [2.75, 3.05) is 0 Å². The van der Waals surface area contributed by atoms with E-state index in [1.807, 2.05) is 42.5 Å². The van der Waals surface area contributed by atoms with Crippen molar-refractivity contribution in [1.29, 1.82) is 0 Å². The third kappa shape index (κ3) is 4.34. The molecule has 1 fully saturated rings. The predicted octanol–water partition coefficient (Wildman–Crippen LogP) is 3.81. The first kappa shape index (κ1) is 18.2. The van der Waals surface area contributed by atoms with Crippen LogP contribution in [0.5, 0.6) is 0 Å². The van der Waals surface area contributed by atoms with Crippen LogP contribution in [-0.2, 0) is 15.8 Å². The van der Waals surface area contributed by atoms with Gasteiger partial charge in [-0.3, -0.25) is 0 Å². The molecule has 2 aromatic carbocycles. The van der Waals surface area contributed by atoms with Crippen molar-refractivity contribution in [3.05, 3.63) is 42.5 Å². The van der Waals surface area contributed by atoms with E-state index in [-0.39, 0.29) is 11.9 Å². The first-order valence-corrected chi connectivity index (χ1v) is 13.4. The molecule has 0 spiro atoms. The summed E-state index contributed by atoms with van der Waals surface area (Å²) >= 11 is -3.85. The van der Waals surface area contributed by atoms with E-state index < -0.39 is 19.0 Å². The molecule has 1 aliphatic rings. The zero-order valence-electron chi connectivity index (χ0n) is 14.7. The van der Waals surface area contributed by atoms with Gasteiger partial charge in [0.25, 0.3) is 0 Å². The van der Waals surface area contributed by atoms with E-state index in [0.717, 1.165) is 27.2 Å². The summed E-state index contributed by atoms with van der Waals surface area (Å²) in [7, 11) is 0. The average molecular weight is 456 g/mol. The van der Waals surface area contributed by atoms with Crippen LogP contribution in [0, 0.1) is 5.92 Å². The van der Waals surface area contributed by atoms with E-state index >= 15 is 0 Å². The van der Waals surface area contributed by atoms with Crippen molar-refractivity contribution >= 4 is 45.3 Å². The van der Waals surface area contributed by atoms with Crippen LogP contribution in [0.25, 0.3) is 10.8 Å². The van der Waals surface area contributed by atoms with E-state index in [2.05, 4.69) is 0 Å². The molecule has 5 heteroatoms. The monoisotopic (exact) mass is 458 g/mol. The molecule has 0 radical (unpaired) electrons. The van der Waals surface area contributed by atoms with E-state index in [1.165, 1.54) is 26.7 Å². The van der Waals surface area contributed by atoms with Gasteiger partial charge in [0.1, 0.15) is 0 Å². The summed E-state index contributed by atoms with van der Waals surface area (Å²) in [4.78, 5) is 23.8. The van der Waals surface area contributed by atoms with Gasteiger partial charge in [0, 0.05) is 0 Å². The topological polar surface area (TPSA) is 52.6 Å². The van der Waals surface area contributed by atoms with E-state index in [4.69, 9.17) is 6.20 Å². The van der Waals surface area contributed by atoms with Crippen LogP contribution in [0.4, 0.5) is 0 Å². The SMILES string of the molecule is CC(=O)O[Te](CC1CCCC1)(OC(C)=O)c1ccc2ccccc2c1. The summed E-state index contributed by atoms with van der Waals surface area (Å²) in [5.74, 6) is -0.270. The fourth-order valence-electron chi connectivity index (χ4n) is 3.50. The Hall–Kier alpha value is -1.57. The summed E-state index contributed by atoms with van der Waals surface area (Å²) in [5, 5.41) is 2.19. The van der Waals surface area contributed by atoms with Gasteiger partial charge in [-0.1, -0.05) is 0 Å². The molecule has 0 aliphatic heterocycles. The van der Waals surface area contributed by atoms with Crippen LogP contribution < -0.4 is 3.61 Å². The van der Waals surface area contributed by atoms with Crippen molar-refractivity contribution in [3.8, 4) is 0 Å². The summed E-state index contributed by atoms with van der Waals surface area (Å²) in [6.07, 6.45) is 4.62. The van der Waals surface area contributed by atoms with Crippen molar-refractivity contribution in [1.82, 2.24) is 0 Å². The van der Waals surface area contributed by atoms with Gasteiger partial charge in [-0.15, -0.1) is 0 Å². The zero-order chi connectivity index (χ0) is 17.9. The second-order valence-corrected chi connectivity index (χ2v) is 13.3. The molecule has 0 saturated heterocycles. The molecule has 0 N–H and O–H groups in total. The van der Waals surface area contributed by atoms with Gasteiger partial charge in [-0.2, -0.15) is 0 Å². The Kier molecular flexibility index (Phi) is 5.66. The maximum atomic E-state index is 11.9. The first-order valence-electron chi connectivity index (χ1n) is 8.68. The number of carbonyl (C=O) groups is 2. The number of hydrogen-bond acceptors (Lipinski definition) is 4. The Morgan fingerprint density at radius 2 is 1.56 bits per heavy atom. The molecule has 134 valence electrons. The number of fused-ring (bicyclic) bond motifs is 1. The van der Waals surface area contributed by atoms with Crippen molar-refractivity contribution in [2.45, 2.75) is 44.0 Å². The fourth-order valence-corrected chi connectivity index (χ4v) is 11.6. The van der Waals surface area contributed by atoms with Gasteiger partial charge in [0.2, 0.25) is 0 Å². The van der Waals surface area contributed by atoms with Gasteiger partial charge in [0.05, 0.1) is 0 Å². The molecule has 0 aromatic heterocycles. The van der Waals surface area contributed by atoms with Crippen LogP contribution in [0.2, 0.25) is 4.47 Å². The number of carbonyl (C=O) groups excluding carboxylic acids is 2. The maximum absolute atomic E-state index is 11.9. The average Bonchev–Trinajstić information content (AvgIpc) is 3.05. The molecule has 0 amide bonds. The van der Waals surface area contributed by atoms with Crippen molar-refractivity contribution < 1.29 is 15.8 Å². The minimum absolute atomic E-state index is 0.367. The second kappa shape index (κ2) is 7.76. The molecule has 1 saturated carbocycles. The third-order valence-electron chi connectivity index (χ3n) is 4.51. The standard InChI is InChI=1S/C20H24O4Te/c1-15(21)23-25(24-16(2)22,14-17-7-3-4-8-17)20-12-11-18-9-5-6-10-19(18)13-20/h5-6,9-13,17H,3-4,7-8,14H2,1-2H3. The molecule has 0 unspecified atom stereocenters. The number of benzene rings is 2. The van der Waals surface area contributed by atoms with E-state index in [1.54, 1.807) is 0 Å². The first-order chi connectivity index (χ1) is 12.0. The van der Waals surface area contributed by atoms with Gasteiger partial charge < -0.3 is 0 Å². The second-order valence-electron chi connectivity index (χ2n) is 6.59. The van der Waals surface area contributed by atoms with Crippen LogP contribution in [0.3, 0.4) is 0 Å². The van der Waals surface area contributed by atoms with Crippen LogP contribution >= 0.6 is 0 Å². The van der Waals surface area contributed by atoms with Crippen molar-refractivity contribution in [2.24, 2.45) is 5.92 Å². The van der Waals surface area contributed by atoms with E-state index in [9.17, 15) is 9.59 Å². The van der Waals surface area contributed by atoms with Gasteiger partial charge >= 0.3 is 153 Å². The Balaban J connectivity index is 2.07. The molecule has 4 nitrogen and oxygen atoms in total. The van der Waals surface area contributed by atoms with Crippen LogP contribution in [-0.4, -0.2) is 30.9 Å². The fraction of sp³-hybridized carbons (Fsp3) is 0.400. The Morgan fingerprint density at radius 3 is 2.16 bits per heavy atom. The molecular formula is C20H24O4Te. The molecule has 0 heterocycles. The Bertz CT molecular complexity index is 764. The van der Waals surface area contributed by atoms with Crippen molar-refractivity contribution in [3.63, 3.8) is 0 Å². The molecule has 0 bridgehead atoms. The Labute approximate surface area is 153 Å².